The molecule has 0 radical (unpaired) electrons. The van der Waals surface area contributed by atoms with Crippen molar-refractivity contribution in [2.24, 2.45) is 10.7 Å². The van der Waals surface area contributed by atoms with Crippen molar-refractivity contribution in [3.8, 4) is 5.75 Å². The van der Waals surface area contributed by atoms with Crippen LogP contribution < -0.4 is 15.8 Å². The number of guanidine groups is 1. The highest BCUT2D eigenvalue weighted by molar-refractivity contribution is 14.0. The average molecular weight is 411 g/mol. The maximum Gasteiger partial charge on any atom is 0.193 e. The molecule has 0 aliphatic heterocycles. The molecule has 0 fully saturated rings. The number of nitrogens with two attached hydrogens (primary N) is 1. The van der Waals surface area contributed by atoms with Gasteiger partial charge in [-0.15, -0.1) is 24.0 Å². The van der Waals surface area contributed by atoms with Gasteiger partial charge in [0.2, 0.25) is 0 Å². The molecule has 0 spiro atoms. The van der Waals surface area contributed by atoms with Crippen molar-refractivity contribution in [3.63, 3.8) is 0 Å². The summed E-state index contributed by atoms with van der Waals surface area (Å²) in [6.45, 7) is 2.73. The first kappa shape index (κ1) is 18.3. The van der Waals surface area contributed by atoms with Crippen molar-refractivity contribution in [1.29, 1.82) is 0 Å². The second-order valence-electron chi connectivity index (χ2n) is 4.83. The van der Waals surface area contributed by atoms with Crippen LogP contribution in [0.4, 0.5) is 5.69 Å². The molecular weight excluding hydrogens is 389 g/mol. The molecule has 0 aliphatic rings. The quantitative estimate of drug-likeness (QED) is 0.449. The topological polar surface area (TPSA) is 59.6 Å². The molecule has 22 heavy (non-hydrogen) atoms. The number of benzene rings is 2. The predicted octanol–water partition coefficient (Wildman–Crippen LogP) is 3.59. The number of hydrogen-bond donors (Lipinski definition) is 2. The first-order chi connectivity index (χ1) is 10.2. The molecule has 118 valence electrons. The van der Waals surface area contributed by atoms with Gasteiger partial charge in [-0.2, -0.15) is 0 Å². The number of nitrogens with zero attached hydrogens (tertiary/aromatic N) is 1. The van der Waals surface area contributed by atoms with E-state index in [0.717, 1.165) is 17.9 Å². The molecule has 2 rings (SSSR count). The highest BCUT2D eigenvalue weighted by Gasteiger charge is 2.02. The SMILES string of the molecule is COc1ccccc1NC(N)=NCCc1ccc(C)cc1.I. The van der Waals surface area contributed by atoms with E-state index in [-0.39, 0.29) is 24.0 Å². The van der Waals surface area contributed by atoms with Crippen LogP contribution in [0.5, 0.6) is 5.75 Å². The highest BCUT2D eigenvalue weighted by Crippen LogP contribution is 2.22. The van der Waals surface area contributed by atoms with E-state index < -0.39 is 0 Å². The summed E-state index contributed by atoms with van der Waals surface area (Å²) in [7, 11) is 1.63. The standard InChI is InChI=1S/C17H21N3O.HI/c1-13-7-9-14(10-8-13)11-12-19-17(18)20-15-5-3-4-6-16(15)21-2;/h3-10H,11-12H2,1-2H3,(H3,18,19,20);1H. The van der Waals surface area contributed by atoms with Crippen LogP contribution in [0.1, 0.15) is 11.1 Å². The molecule has 4 nitrogen and oxygen atoms in total. The van der Waals surface area contributed by atoms with E-state index >= 15 is 0 Å². The Kier molecular flexibility index (Phi) is 7.73. The summed E-state index contributed by atoms with van der Waals surface area (Å²) in [6, 6.07) is 16.1. The maximum absolute atomic E-state index is 5.90. The highest BCUT2D eigenvalue weighted by atomic mass is 127. The number of aryl methyl sites for hydroxylation is 1. The lowest BCUT2D eigenvalue weighted by Crippen LogP contribution is -2.23. The third kappa shape index (κ3) is 5.55. The zero-order valence-corrected chi connectivity index (χ0v) is 15.2. The van der Waals surface area contributed by atoms with Gasteiger partial charge in [-0.3, -0.25) is 4.99 Å². The van der Waals surface area contributed by atoms with E-state index in [1.165, 1.54) is 11.1 Å². The molecule has 0 heterocycles. The van der Waals surface area contributed by atoms with Crippen LogP contribution in [-0.4, -0.2) is 19.6 Å². The number of para-hydroxylation sites is 2. The minimum Gasteiger partial charge on any atom is -0.495 e. The maximum atomic E-state index is 5.90. The van der Waals surface area contributed by atoms with Crippen molar-refractivity contribution in [3.05, 3.63) is 59.7 Å². The fourth-order valence-electron chi connectivity index (χ4n) is 1.99. The van der Waals surface area contributed by atoms with Crippen LogP contribution >= 0.6 is 24.0 Å². The van der Waals surface area contributed by atoms with Crippen molar-refractivity contribution in [2.75, 3.05) is 19.0 Å². The summed E-state index contributed by atoms with van der Waals surface area (Å²) >= 11 is 0. The summed E-state index contributed by atoms with van der Waals surface area (Å²) < 4.78 is 5.26. The Balaban J connectivity index is 0.00000242. The van der Waals surface area contributed by atoms with Crippen LogP contribution in [0.15, 0.2) is 53.5 Å². The van der Waals surface area contributed by atoms with Crippen molar-refractivity contribution < 1.29 is 4.74 Å². The largest absolute Gasteiger partial charge is 0.495 e. The molecule has 0 bridgehead atoms. The smallest absolute Gasteiger partial charge is 0.193 e. The van der Waals surface area contributed by atoms with Gasteiger partial charge in [-0.05, 0) is 31.0 Å². The zero-order chi connectivity index (χ0) is 15.1. The zero-order valence-electron chi connectivity index (χ0n) is 12.9. The van der Waals surface area contributed by atoms with Gasteiger partial charge >= 0.3 is 0 Å². The first-order valence-corrected chi connectivity index (χ1v) is 6.94. The lowest BCUT2D eigenvalue weighted by molar-refractivity contribution is 0.417. The van der Waals surface area contributed by atoms with Crippen molar-refractivity contribution in [2.45, 2.75) is 13.3 Å². The fraction of sp³-hybridized carbons (Fsp3) is 0.235. The number of halogens is 1. The van der Waals surface area contributed by atoms with Crippen molar-refractivity contribution in [1.82, 2.24) is 0 Å². The minimum absolute atomic E-state index is 0. The van der Waals surface area contributed by atoms with Gasteiger partial charge < -0.3 is 15.8 Å². The predicted molar refractivity (Wildman–Crippen MR) is 103 cm³/mol. The van der Waals surface area contributed by atoms with Gasteiger partial charge in [-0.1, -0.05) is 42.0 Å². The molecule has 0 saturated carbocycles. The van der Waals surface area contributed by atoms with Gasteiger partial charge in [0, 0.05) is 6.54 Å². The lowest BCUT2D eigenvalue weighted by atomic mass is 10.1. The number of ether oxygens (including phenoxy) is 1. The summed E-state index contributed by atoms with van der Waals surface area (Å²) in [6.07, 6.45) is 0.870. The Morgan fingerprint density at radius 1 is 1.14 bits per heavy atom. The number of hydrogen-bond acceptors (Lipinski definition) is 2. The van der Waals surface area contributed by atoms with E-state index in [0.29, 0.717) is 12.5 Å². The van der Waals surface area contributed by atoms with Crippen LogP contribution in [0.3, 0.4) is 0 Å². The van der Waals surface area contributed by atoms with Gasteiger partial charge in [0.15, 0.2) is 5.96 Å². The normalized spacial score (nSPS) is 10.7. The molecule has 0 saturated heterocycles. The third-order valence-electron chi connectivity index (χ3n) is 3.17. The van der Waals surface area contributed by atoms with E-state index in [1.807, 2.05) is 24.3 Å². The van der Waals surface area contributed by atoms with Crippen LogP contribution in [0.2, 0.25) is 0 Å². The molecule has 0 aliphatic carbocycles. The summed E-state index contributed by atoms with van der Waals surface area (Å²) in [5.74, 6) is 1.14. The Bertz CT molecular complexity index is 612. The Morgan fingerprint density at radius 3 is 2.50 bits per heavy atom. The van der Waals surface area contributed by atoms with Gasteiger partial charge in [0.25, 0.3) is 0 Å². The van der Waals surface area contributed by atoms with E-state index in [9.17, 15) is 0 Å². The monoisotopic (exact) mass is 411 g/mol. The van der Waals surface area contributed by atoms with Crippen LogP contribution in [0, 0.1) is 6.92 Å². The summed E-state index contributed by atoms with van der Waals surface area (Å²) in [5.41, 5.74) is 9.24. The van der Waals surface area contributed by atoms with E-state index in [2.05, 4.69) is 41.5 Å². The molecule has 0 atom stereocenters. The number of aliphatic imine (C=N–C) groups is 1. The number of rotatable bonds is 5. The summed E-state index contributed by atoms with van der Waals surface area (Å²) in [5, 5.41) is 3.06. The molecule has 5 heteroatoms. The number of anilines is 1. The molecule has 0 amide bonds. The lowest BCUT2D eigenvalue weighted by Gasteiger charge is -2.10. The molecule has 3 N–H and O–H groups in total. The van der Waals surface area contributed by atoms with Gasteiger partial charge in [0.05, 0.1) is 12.8 Å². The van der Waals surface area contributed by atoms with Crippen LogP contribution in [-0.2, 0) is 6.42 Å². The molecule has 2 aromatic carbocycles. The van der Waals surface area contributed by atoms with E-state index in [1.54, 1.807) is 7.11 Å². The number of methoxy groups -OCH3 is 1. The van der Waals surface area contributed by atoms with Gasteiger partial charge in [-0.25, -0.2) is 0 Å². The average Bonchev–Trinajstić information content (AvgIpc) is 2.50. The fourth-order valence-corrected chi connectivity index (χ4v) is 1.99. The first-order valence-electron chi connectivity index (χ1n) is 6.94. The summed E-state index contributed by atoms with van der Waals surface area (Å²) in [4.78, 5) is 4.34. The Hall–Kier alpha value is -1.76. The Labute approximate surface area is 148 Å². The molecule has 2 aromatic rings. The minimum atomic E-state index is 0. The van der Waals surface area contributed by atoms with Gasteiger partial charge in [0.1, 0.15) is 5.75 Å². The molecular formula is C17H22IN3O. The Morgan fingerprint density at radius 2 is 1.82 bits per heavy atom. The van der Waals surface area contributed by atoms with E-state index in [4.69, 9.17) is 10.5 Å². The third-order valence-corrected chi connectivity index (χ3v) is 3.17. The second-order valence-corrected chi connectivity index (χ2v) is 4.83. The van der Waals surface area contributed by atoms with Crippen LogP contribution in [0.25, 0.3) is 0 Å². The molecule has 0 unspecified atom stereocenters. The second kappa shape index (κ2) is 9.30. The molecule has 0 aromatic heterocycles. The van der Waals surface area contributed by atoms with Crippen molar-refractivity contribution >= 4 is 35.6 Å². The number of nitrogens with one attached hydrogen (secondary N) is 1.